The summed E-state index contributed by atoms with van der Waals surface area (Å²) in [6.45, 7) is 2.91. The normalized spacial score (nSPS) is 13.9. The summed E-state index contributed by atoms with van der Waals surface area (Å²) in [7, 11) is 0. The summed E-state index contributed by atoms with van der Waals surface area (Å²) < 4.78 is 5.76. The van der Waals surface area contributed by atoms with Crippen LogP contribution in [0, 0.1) is 0 Å². The minimum absolute atomic E-state index is 0.560. The number of aliphatic imine (C=N–C) groups is 1. The van der Waals surface area contributed by atoms with Crippen LogP contribution in [0.1, 0.15) is 16.7 Å². The molecule has 0 spiro atoms. The Hall–Kier alpha value is -1.84. The van der Waals surface area contributed by atoms with Crippen LogP contribution in [-0.4, -0.2) is 18.9 Å². The molecule has 3 rings (SSSR count). The molecule has 2 aromatic rings. The van der Waals surface area contributed by atoms with Crippen molar-refractivity contribution in [1.82, 2.24) is 5.32 Å². The van der Waals surface area contributed by atoms with Gasteiger partial charge in [-0.05, 0) is 29.3 Å². The lowest BCUT2D eigenvalue weighted by atomic mass is 10.1. The molecular formula is C17H17ClN2O. The van der Waals surface area contributed by atoms with Gasteiger partial charge >= 0.3 is 0 Å². The molecule has 0 radical (unpaired) electrons. The van der Waals surface area contributed by atoms with E-state index in [0.717, 1.165) is 40.6 Å². The van der Waals surface area contributed by atoms with E-state index in [1.54, 1.807) is 0 Å². The molecule has 108 valence electrons. The molecular weight excluding hydrogens is 284 g/mol. The molecule has 0 unspecified atom stereocenters. The Kier molecular flexibility index (Phi) is 4.53. The Morgan fingerprint density at radius 2 is 1.81 bits per heavy atom. The standard InChI is InChI=1S/C17H17ClN2O/c18-16-6-2-4-14(10-16)12-21-11-13-3-1-5-15(9-13)17-19-7-8-20-17/h1-6,9-10H,7-8,11-12H2,(H,19,20). The van der Waals surface area contributed by atoms with E-state index < -0.39 is 0 Å². The van der Waals surface area contributed by atoms with Gasteiger partial charge in [0, 0.05) is 17.1 Å². The lowest BCUT2D eigenvalue weighted by Gasteiger charge is -2.07. The van der Waals surface area contributed by atoms with Crippen molar-refractivity contribution in [3.63, 3.8) is 0 Å². The first-order valence-corrected chi connectivity index (χ1v) is 7.39. The summed E-state index contributed by atoms with van der Waals surface area (Å²) in [5, 5.41) is 4.02. The second-order valence-corrected chi connectivity index (χ2v) is 5.42. The first-order chi connectivity index (χ1) is 10.3. The largest absolute Gasteiger partial charge is 0.372 e. The molecule has 0 aliphatic carbocycles. The lowest BCUT2D eigenvalue weighted by molar-refractivity contribution is 0.107. The molecule has 0 saturated carbocycles. The third-order valence-corrected chi connectivity index (χ3v) is 3.54. The van der Waals surface area contributed by atoms with E-state index in [2.05, 4.69) is 28.5 Å². The summed E-state index contributed by atoms with van der Waals surface area (Å²) in [6, 6.07) is 16.0. The van der Waals surface area contributed by atoms with E-state index in [4.69, 9.17) is 16.3 Å². The number of amidine groups is 1. The molecule has 4 heteroatoms. The molecule has 1 aliphatic heterocycles. The number of benzene rings is 2. The van der Waals surface area contributed by atoms with Crippen molar-refractivity contribution in [3.05, 3.63) is 70.2 Å². The number of hydrogen-bond donors (Lipinski definition) is 1. The molecule has 0 amide bonds. The topological polar surface area (TPSA) is 33.6 Å². The predicted molar refractivity (Wildman–Crippen MR) is 85.8 cm³/mol. The van der Waals surface area contributed by atoms with Crippen molar-refractivity contribution in [3.8, 4) is 0 Å². The highest BCUT2D eigenvalue weighted by Crippen LogP contribution is 2.13. The summed E-state index contributed by atoms with van der Waals surface area (Å²) in [5.41, 5.74) is 3.35. The molecule has 0 bridgehead atoms. The van der Waals surface area contributed by atoms with Gasteiger partial charge in [-0.15, -0.1) is 0 Å². The van der Waals surface area contributed by atoms with Gasteiger partial charge in [0.1, 0.15) is 5.84 Å². The summed E-state index contributed by atoms with van der Waals surface area (Å²) in [4.78, 5) is 4.43. The maximum absolute atomic E-state index is 5.96. The van der Waals surface area contributed by atoms with Crippen LogP contribution in [0.15, 0.2) is 53.5 Å². The number of halogens is 1. The highest BCUT2D eigenvalue weighted by atomic mass is 35.5. The van der Waals surface area contributed by atoms with Crippen LogP contribution in [0.4, 0.5) is 0 Å². The van der Waals surface area contributed by atoms with Crippen LogP contribution < -0.4 is 5.32 Å². The van der Waals surface area contributed by atoms with Gasteiger partial charge in [0.25, 0.3) is 0 Å². The van der Waals surface area contributed by atoms with Crippen LogP contribution in [0.25, 0.3) is 0 Å². The van der Waals surface area contributed by atoms with E-state index in [0.29, 0.717) is 13.2 Å². The minimum atomic E-state index is 0.560. The van der Waals surface area contributed by atoms with Crippen LogP contribution >= 0.6 is 11.6 Å². The fraction of sp³-hybridized carbons (Fsp3) is 0.235. The summed E-state index contributed by atoms with van der Waals surface area (Å²) in [5.74, 6) is 0.978. The Morgan fingerprint density at radius 1 is 1.05 bits per heavy atom. The number of nitrogens with one attached hydrogen (secondary N) is 1. The predicted octanol–water partition coefficient (Wildman–Crippen LogP) is 3.41. The second kappa shape index (κ2) is 6.74. The summed E-state index contributed by atoms with van der Waals surface area (Å²) >= 11 is 5.96. The Morgan fingerprint density at radius 3 is 2.52 bits per heavy atom. The van der Waals surface area contributed by atoms with Gasteiger partial charge in [-0.3, -0.25) is 4.99 Å². The first kappa shape index (κ1) is 14.1. The Bertz CT molecular complexity index is 655. The molecule has 1 N–H and O–H groups in total. The SMILES string of the molecule is Clc1cccc(COCc2cccc(C3=NCCN3)c2)c1. The molecule has 0 atom stereocenters. The van der Waals surface area contributed by atoms with Crippen LogP contribution in [0.5, 0.6) is 0 Å². The van der Waals surface area contributed by atoms with Crippen LogP contribution in [-0.2, 0) is 18.0 Å². The fourth-order valence-corrected chi connectivity index (χ4v) is 2.53. The zero-order valence-electron chi connectivity index (χ0n) is 11.7. The highest BCUT2D eigenvalue weighted by molar-refractivity contribution is 6.30. The number of rotatable bonds is 5. The smallest absolute Gasteiger partial charge is 0.128 e. The molecule has 0 fully saturated rings. The molecule has 0 aromatic heterocycles. The van der Waals surface area contributed by atoms with Crippen LogP contribution in [0.2, 0.25) is 5.02 Å². The maximum Gasteiger partial charge on any atom is 0.128 e. The first-order valence-electron chi connectivity index (χ1n) is 7.01. The molecule has 1 aliphatic rings. The van der Waals surface area contributed by atoms with Crippen molar-refractivity contribution in [1.29, 1.82) is 0 Å². The molecule has 3 nitrogen and oxygen atoms in total. The van der Waals surface area contributed by atoms with E-state index in [1.807, 2.05) is 30.3 Å². The molecule has 0 saturated heterocycles. The van der Waals surface area contributed by atoms with E-state index in [1.165, 1.54) is 0 Å². The van der Waals surface area contributed by atoms with Crippen molar-refractivity contribution < 1.29 is 4.74 Å². The van der Waals surface area contributed by atoms with E-state index in [9.17, 15) is 0 Å². The molecule has 21 heavy (non-hydrogen) atoms. The average Bonchev–Trinajstić information content (AvgIpc) is 3.02. The number of hydrogen-bond acceptors (Lipinski definition) is 3. The van der Waals surface area contributed by atoms with Gasteiger partial charge in [0.2, 0.25) is 0 Å². The quantitative estimate of drug-likeness (QED) is 0.918. The molecule has 1 heterocycles. The van der Waals surface area contributed by atoms with Gasteiger partial charge in [0.05, 0.1) is 19.8 Å². The average molecular weight is 301 g/mol. The van der Waals surface area contributed by atoms with Crippen molar-refractivity contribution >= 4 is 17.4 Å². The highest BCUT2D eigenvalue weighted by Gasteiger charge is 2.08. The van der Waals surface area contributed by atoms with Gasteiger partial charge < -0.3 is 10.1 Å². The van der Waals surface area contributed by atoms with Crippen molar-refractivity contribution in [2.24, 2.45) is 4.99 Å². The fourth-order valence-electron chi connectivity index (χ4n) is 2.31. The monoisotopic (exact) mass is 300 g/mol. The second-order valence-electron chi connectivity index (χ2n) is 4.98. The Balaban J connectivity index is 1.59. The van der Waals surface area contributed by atoms with Crippen LogP contribution in [0.3, 0.4) is 0 Å². The zero-order valence-corrected chi connectivity index (χ0v) is 12.4. The Labute approximate surface area is 129 Å². The van der Waals surface area contributed by atoms with Crippen molar-refractivity contribution in [2.45, 2.75) is 13.2 Å². The zero-order chi connectivity index (χ0) is 14.5. The number of nitrogens with zero attached hydrogens (tertiary/aromatic N) is 1. The summed E-state index contributed by atoms with van der Waals surface area (Å²) in [6.07, 6.45) is 0. The van der Waals surface area contributed by atoms with E-state index in [-0.39, 0.29) is 0 Å². The van der Waals surface area contributed by atoms with Gasteiger partial charge in [0.15, 0.2) is 0 Å². The van der Waals surface area contributed by atoms with Gasteiger partial charge in [-0.25, -0.2) is 0 Å². The number of ether oxygens (including phenoxy) is 1. The third-order valence-electron chi connectivity index (χ3n) is 3.30. The van der Waals surface area contributed by atoms with Gasteiger partial charge in [-0.2, -0.15) is 0 Å². The molecule has 2 aromatic carbocycles. The van der Waals surface area contributed by atoms with Crippen molar-refractivity contribution in [2.75, 3.05) is 13.1 Å². The van der Waals surface area contributed by atoms with E-state index >= 15 is 0 Å². The lowest BCUT2D eigenvalue weighted by Crippen LogP contribution is -2.19. The van der Waals surface area contributed by atoms with Gasteiger partial charge in [-0.1, -0.05) is 41.9 Å². The maximum atomic E-state index is 5.96. The third kappa shape index (κ3) is 3.84. The minimum Gasteiger partial charge on any atom is -0.372 e.